The Balaban J connectivity index is 2.39. The van der Waals surface area contributed by atoms with Crippen molar-refractivity contribution >= 4 is 43.3 Å². The van der Waals surface area contributed by atoms with Crippen molar-refractivity contribution in [3.05, 3.63) is 45.7 Å². The van der Waals surface area contributed by atoms with Crippen LogP contribution in [0.1, 0.15) is 10.4 Å². The van der Waals surface area contributed by atoms with Gasteiger partial charge < -0.3 is 9.92 Å². The van der Waals surface area contributed by atoms with Crippen molar-refractivity contribution in [2.45, 2.75) is 4.21 Å². The Labute approximate surface area is 122 Å². The molecule has 0 fully saturated rings. The molecule has 5 nitrogen and oxygen atoms in total. The molecule has 0 atom stereocenters. The van der Waals surface area contributed by atoms with Crippen LogP contribution in [-0.4, -0.2) is 14.3 Å². The van der Waals surface area contributed by atoms with Crippen molar-refractivity contribution < 1.29 is 17.4 Å². The molecule has 1 aromatic carbocycles. The molecule has 0 saturated carbocycles. The standard InChI is InChI=1S/C11H8BrNO4S2/c12-9-5-6-10(18-9)19(15,16)17-8-4-2-1-3-7(8)11(13)14/h1-6H,(H2,13,14). The second-order valence-electron chi connectivity index (χ2n) is 3.46. The smallest absolute Gasteiger partial charge is 0.348 e. The lowest BCUT2D eigenvalue weighted by molar-refractivity contribution is 0.0999. The van der Waals surface area contributed by atoms with Gasteiger partial charge in [0, 0.05) is 0 Å². The Morgan fingerprint density at radius 2 is 1.89 bits per heavy atom. The summed E-state index contributed by atoms with van der Waals surface area (Å²) in [6.45, 7) is 0. The van der Waals surface area contributed by atoms with Crippen LogP contribution in [0.2, 0.25) is 0 Å². The Morgan fingerprint density at radius 3 is 2.47 bits per heavy atom. The van der Waals surface area contributed by atoms with Crippen LogP contribution in [0.3, 0.4) is 0 Å². The second-order valence-corrected chi connectivity index (χ2v) is 7.69. The van der Waals surface area contributed by atoms with Crippen molar-refractivity contribution in [1.29, 1.82) is 0 Å². The molecule has 2 rings (SSSR count). The first-order valence-corrected chi connectivity index (χ1v) is 8.00. The number of carbonyl (C=O) groups excluding carboxylic acids is 1. The van der Waals surface area contributed by atoms with E-state index in [4.69, 9.17) is 9.92 Å². The maximum Gasteiger partial charge on any atom is 0.348 e. The highest BCUT2D eigenvalue weighted by atomic mass is 79.9. The average Bonchev–Trinajstić information content (AvgIpc) is 2.76. The quantitative estimate of drug-likeness (QED) is 0.846. The Morgan fingerprint density at radius 1 is 1.21 bits per heavy atom. The van der Waals surface area contributed by atoms with Gasteiger partial charge in [0.2, 0.25) is 0 Å². The van der Waals surface area contributed by atoms with Gasteiger partial charge in [-0.2, -0.15) is 8.42 Å². The fraction of sp³-hybridized carbons (Fsp3) is 0. The van der Waals surface area contributed by atoms with Gasteiger partial charge in [0.05, 0.1) is 9.35 Å². The molecule has 100 valence electrons. The molecule has 1 heterocycles. The summed E-state index contributed by atoms with van der Waals surface area (Å²) < 4.78 is 29.7. The Hall–Kier alpha value is -1.38. The average molecular weight is 362 g/mol. The Kier molecular flexibility index (Phi) is 3.93. The summed E-state index contributed by atoms with van der Waals surface area (Å²) in [6, 6.07) is 8.92. The molecule has 0 radical (unpaired) electrons. The number of rotatable bonds is 4. The fourth-order valence-corrected chi connectivity index (χ4v) is 4.25. The number of halogens is 1. The fourth-order valence-electron chi connectivity index (χ4n) is 1.33. The summed E-state index contributed by atoms with van der Waals surface area (Å²) >= 11 is 4.19. The molecule has 0 unspecified atom stereocenters. The summed E-state index contributed by atoms with van der Waals surface area (Å²) in [5.41, 5.74) is 5.17. The number of benzene rings is 1. The van der Waals surface area contributed by atoms with E-state index in [2.05, 4.69) is 15.9 Å². The lowest BCUT2D eigenvalue weighted by atomic mass is 10.2. The molecule has 0 saturated heterocycles. The molecule has 1 amide bonds. The van der Waals surface area contributed by atoms with Gasteiger partial charge in [-0.05, 0) is 40.2 Å². The van der Waals surface area contributed by atoms with Gasteiger partial charge in [-0.15, -0.1) is 11.3 Å². The first-order chi connectivity index (χ1) is 8.90. The molecule has 0 aliphatic rings. The molecule has 2 N–H and O–H groups in total. The first-order valence-electron chi connectivity index (χ1n) is 4.99. The maximum absolute atomic E-state index is 12.0. The number of thiophene rings is 1. The van der Waals surface area contributed by atoms with Crippen molar-refractivity contribution in [1.82, 2.24) is 0 Å². The number of hydrogen-bond donors (Lipinski definition) is 1. The molecule has 0 aliphatic carbocycles. The number of carbonyl (C=O) groups is 1. The molecule has 8 heteroatoms. The van der Waals surface area contributed by atoms with Gasteiger partial charge in [-0.25, -0.2) is 0 Å². The number of hydrogen-bond acceptors (Lipinski definition) is 5. The summed E-state index contributed by atoms with van der Waals surface area (Å²) in [5.74, 6) is -0.835. The van der Waals surface area contributed by atoms with Gasteiger partial charge >= 0.3 is 10.1 Å². The van der Waals surface area contributed by atoms with E-state index in [9.17, 15) is 13.2 Å². The minimum atomic E-state index is -3.97. The van der Waals surface area contributed by atoms with E-state index in [1.54, 1.807) is 18.2 Å². The first kappa shape index (κ1) is 14.0. The highest BCUT2D eigenvalue weighted by molar-refractivity contribution is 9.11. The van der Waals surface area contributed by atoms with Crippen LogP contribution < -0.4 is 9.92 Å². The minimum absolute atomic E-state index is 0.0155. The number of nitrogens with two attached hydrogens (primary N) is 1. The highest BCUT2D eigenvalue weighted by Crippen LogP contribution is 2.29. The lowest BCUT2D eigenvalue weighted by Crippen LogP contribution is -2.15. The van der Waals surface area contributed by atoms with Crippen LogP contribution in [0.25, 0.3) is 0 Å². The Bertz CT molecular complexity index is 724. The van der Waals surface area contributed by atoms with Crippen molar-refractivity contribution in [2.24, 2.45) is 5.73 Å². The van der Waals surface area contributed by atoms with E-state index in [1.807, 2.05) is 0 Å². The monoisotopic (exact) mass is 361 g/mol. The van der Waals surface area contributed by atoms with E-state index >= 15 is 0 Å². The minimum Gasteiger partial charge on any atom is -0.378 e. The zero-order valence-corrected chi connectivity index (χ0v) is 12.6. The van der Waals surface area contributed by atoms with Gasteiger partial charge in [-0.1, -0.05) is 12.1 Å². The molecule has 0 bridgehead atoms. The van der Waals surface area contributed by atoms with Crippen LogP contribution in [0, 0.1) is 0 Å². The zero-order chi connectivity index (χ0) is 14.0. The van der Waals surface area contributed by atoms with Crippen molar-refractivity contribution in [3.63, 3.8) is 0 Å². The van der Waals surface area contributed by atoms with Crippen LogP contribution in [0.4, 0.5) is 0 Å². The molecular weight excluding hydrogens is 354 g/mol. The van der Waals surface area contributed by atoms with Crippen LogP contribution in [0.15, 0.2) is 44.4 Å². The molecule has 0 aliphatic heterocycles. The van der Waals surface area contributed by atoms with Crippen LogP contribution in [-0.2, 0) is 10.1 Å². The molecule has 1 aromatic heterocycles. The predicted molar refractivity (Wildman–Crippen MR) is 74.8 cm³/mol. The van der Waals surface area contributed by atoms with Crippen LogP contribution >= 0.6 is 27.3 Å². The number of amides is 1. The zero-order valence-electron chi connectivity index (χ0n) is 9.37. The van der Waals surface area contributed by atoms with Crippen molar-refractivity contribution in [2.75, 3.05) is 0 Å². The predicted octanol–water partition coefficient (Wildman–Crippen LogP) is 2.38. The second kappa shape index (κ2) is 5.32. The van der Waals surface area contributed by atoms with Crippen molar-refractivity contribution in [3.8, 4) is 5.75 Å². The molecule has 2 aromatic rings. The molecule has 0 spiro atoms. The summed E-state index contributed by atoms with van der Waals surface area (Å²) in [4.78, 5) is 11.2. The number of primary amides is 1. The van der Waals surface area contributed by atoms with E-state index in [0.717, 1.165) is 11.3 Å². The van der Waals surface area contributed by atoms with E-state index in [0.29, 0.717) is 3.79 Å². The topological polar surface area (TPSA) is 86.5 Å². The third-order valence-electron chi connectivity index (χ3n) is 2.15. The highest BCUT2D eigenvalue weighted by Gasteiger charge is 2.21. The van der Waals surface area contributed by atoms with Gasteiger partial charge in [0.25, 0.3) is 5.91 Å². The van der Waals surface area contributed by atoms with Gasteiger partial charge in [0.1, 0.15) is 0 Å². The summed E-state index contributed by atoms with van der Waals surface area (Å²) in [5, 5.41) is 0. The largest absolute Gasteiger partial charge is 0.378 e. The number of para-hydroxylation sites is 1. The lowest BCUT2D eigenvalue weighted by Gasteiger charge is -2.07. The van der Waals surface area contributed by atoms with E-state index in [-0.39, 0.29) is 15.5 Å². The van der Waals surface area contributed by atoms with Gasteiger partial charge in [-0.3, -0.25) is 4.79 Å². The third-order valence-corrected chi connectivity index (χ3v) is 5.46. The normalized spacial score (nSPS) is 11.2. The summed E-state index contributed by atoms with van der Waals surface area (Å²) in [6.07, 6.45) is 0. The summed E-state index contributed by atoms with van der Waals surface area (Å²) in [7, 11) is -3.97. The van der Waals surface area contributed by atoms with E-state index in [1.165, 1.54) is 18.2 Å². The third kappa shape index (κ3) is 3.14. The van der Waals surface area contributed by atoms with E-state index < -0.39 is 16.0 Å². The molecular formula is C11H8BrNO4S2. The van der Waals surface area contributed by atoms with Crippen LogP contribution in [0.5, 0.6) is 5.75 Å². The van der Waals surface area contributed by atoms with Gasteiger partial charge in [0.15, 0.2) is 9.96 Å². The maximum atomic E-state index is 12.0. The SMILES string of the molecule is NC(=O)c1ccccc1OS(=O)(=O)c1ccc(Br)s1. The molecule has 19 heavy (non-hydrogen) atoms.